The Morgan fingerprint density at radius 1 is 1.42 bits per heavy atom. The highest BCUT2D eigenvalue weighted by Gasteiger charge is 2.17. The summed E-state index contributed by atoms with van der Waals surface area (Å²) in [5, 5.41) is 1.17. The molecule has 1 unspecified atom stereocenters. The number of H-pyrrole nitrogens is 1. The number of carbonyl (C=O) groups excluding carboxylic acids is 1. The van der Waals surface area contributed by atoms with Gasteiger partial charge in [0, 0.05) is 23.5 Å². The van der Waals surface area contributed by atoms with Crippen molar-refractivity contribution in [3.8, 4) is 5.75 Å². The van der Waals surface area contributed by atoms with Gasteiger partial charge in [-0.15, -0.1) is 0 Å². The smallest absolute Gasteiger partial charge is 0.130 e. The van der Waals surface area contributed by atoms with Gasteiger partial charge >= 0.3 is 0 Å². The zero-order chi connectivity index (χ0) is 13.8. The van der Waals surface area contributed by atoms with Crippen LogP contribution in [0.25, 0.3) is 10.9 Å². The Bertz CT molecular complexity index is 571. The van der Waals surface area contributed by atoms with Gasteiger partial charge in [-0.05, 0) is 43.0 Å². The van der Waals surface area contributed by atoms with Crippen LogP contribution in [-0.4, -0.2) is 17.9 Å². The second-order valence-electron chi connectivity index (χ2n) is 5.05. The van der Waals surface area contributed by atoms with Gasteiger partial charge in [-0.2, -0.15) is 0 Å². The van der Waals surface area contributed by atoms with Crippen molar-refractivity contribution in [1.29, 1.82) is 0 Å². The molecule has 0 saturated carbocycles. The first kappa shape index (κ1) is 13.7. The number of hydrogen-bond donors (Lipinski definition) is 1. The van der Waals surface area contributed by atoms with Crippen molar-refractivity contribution in [3.05, 3.63) is 30.0 Å². The van der Waals surface area contributed by atoms with Gasteiger partial charge in [0.25, 0.3) is 0 Å². The van der Waals surface area contributed by atoms with Crippen molar-refractivity contribution >= 4 is 16.7 Å². The number of nitrogens with one attached hydrogen (secondary N) is 1. The number of ketones is 1. The topological polar surface area (TPSA) is 42.1 Å². The van der Waals surface area contributed by atoms with Gasteiger partial charge in [0.15, 0.2) is 0 Å². The fourth-order valence-corrected chi connectivity index (χ4v) is 2.65. The Morgan fingerprint density at radius 2 is 2.21 bits per heavy atom. The summed E-state index contributed by atoms with van der Waals surface area (Å²) < 4.78 is 5.29. The summed E-state index contributed by atoms with van der Waals surface area (Å²) in [5.74, 6) is 1.39. The highest BCUT2D eigenvalue weighted by molar-refractivity contribution is 5.86. The van der Waals surface area contributed by atoms with Gasteiger partial charge in [-0.1, -0.05) is 13.3 Å². The van der Waals surface area contributed by atoms with Crippen molar-refractivity contribution in [1.82, 2.24) is 4.98 Å². The lowest BCUT2D eigenvalue weighted by molar-refractivity contribution is -0.117. The standard InChI is InChI=1S/C16H21NO2/c1-4-5-12(8-11(2)18)15-10-17-16-7-6-13(19-3)9-14(15)16/h6-7,9-10,12,17H,4-5,8H2,1-3H3. The Morgan fingerprint density at radius 3 is 2.84 bits per heavy atom. The predicted molar refractivity (Wildman–Crippen MR) is 77.8 cm³/mol. The number of Topliss-reactive ketones (excluding diaryl/α,β-unsaturated/α-hetero) is 1. The summed E-state index contributed by atoms with van der Waals surface area (Å²) in [6.07, 6.45) is 4.75. The van der Waals surface area contributed by atoms with E-state index in [9.17, 15) is 4.79 Å². The maximum Gasteiger partial charge on any atom is 0.130 e. The number of rotatable bonds is 6. The molecule has 0 aliphatic rings. The van der Waals surface area contributed by atoms with E-state index in [0.717, 1.165) is 24.1 Å². The SMILES string of the molecule is CCCC(CC(C)=O)c1c[nH]c2ccc(OC)cc12. The fraction of sp³-hybridized carbons (Fsp3) is 0.438. The molecular formula is C16H21NO2. The highest BCUT2D eigenvalue weighted by Crippen LogP contribution is 2.33. The molecule has 1 aromatic carbocycles. The maximum absolute atomic E-state index is 11.4. The van der Waals surface area contributed by atoms with Crippen LogP contribution in [0.2, 0.25) is 0 Å². The molecule has 0 fully saturated rings. The largest absolute Gasteiger partial charge is 0.497 e. The van der Waals surface area contributed by atoms with Crippen LogP contribution in [0.4, 0.5) is 0 Å². The van der Waals surface area contributed by atoms with E-state index in [1.807, 2.05) is 24.4 Å². The summed E-state index contributed by atoms with van der Waals surface area (Å²) in [4.78, 5) is 14.7. The number of fused-ring (bicyclic) bond motifs is 1. The van der Waals surface area contributed by atoms with Crippen LogP contribution >= 0.6 is 0 Å². The van der Waals surface area contributed by atoms with Crippen LogP contribution in [0, 0.1) is 0 Å². The Kier molecular flexibility index (Phi) is 4.25. The zero-order valence-electron chi connectivity index (χ0n) is 11.8. The molecule has 0 bridgehead atoms. The summed E-state index contributed by atoms with van der Waals surface area (Å²) in [6.45, 7) is 3.82. The molecule has 0 saturated heterocycles. The van der Waals surface area contributed by atoms with Gasteiger partial charge in [-0.3, -0.25) is 0 Å². The van der Waals surface area contributed by atoms with E-state index in [1.54, 1.807) is 14.0 Å². The van der Waals surface area contributed by atoms with Crippen LogP contribution in [0.15, 0.2) is 24.4 Å². The van der Waals surface area contributed by atoms with Gasteiger partial charge < -0.3 is 14.5 Å². The number of ether oxygens (including phenoxy) is 1. The minimum absolute atomic E-state index is 0.246. The van der Waals surface area contributed by atoms with E-state index < -0.39 is 0 Å². The molecule has 1 aromatic heterocycles. The molecule has 3 nitrogen and oxygen atoms in total. The summed E-state index contributed by atoms with van der Waals surface area (Å²) in [5.41, 5.74) is 2.33. The third kappa shape index (κ3) is 2.98. The zero-order valence-corrected chi connectivity index (χ0v) is 11.8. The predicted octanol–water partition coefficient (Wildman–Crippen LogP) is 4.04. The van der Waals surface area contributed by atoms with E-state index in [-0.39, 0.29) is 5.78 Å². The molecule has 2 rings (SSSR count). The average molecular weight is 259 g/mol. The van der Waals surface area contributed by atoms with Crippen molar-refractivity contribution in [2.75, 3.05) is 7.11 Å². The molecule has 1 heterocycles. The van der Waals surface area contributed by atoms with E-state index in [4.69, 9.17) is 4.74 Å². The molecule has 3 heteroatoms. The molecular weight excluding hydrogens is 238 g/mol. The van der Waals surface area contributed by atoms with Crippen molar-refractivity contribution in [2.24, 2.45) is 0 Å². The van der Waals surface area contributed by atoms with E-state index in [1.165, 1.54) is 10.9 Å². The molecule has 0 aliphatic heterocycles. The lowest BCUT2D eigenvalue weighted by Crippen LogP contribution is -2.03. The fourth-order valence-electron chi connectivity index (χ4n) is 2.65. The summed E-state index contributed by atoms with van der Waals surface area (Å²) >= 11 is 0. The first-order chi connectivity index (χ1) is 9.15. The maximum atomic E-state index is 11.4. The molecule has 19 heavy (non-hydrogen) atoms. The van der Waals surface area contributed by atoms with Gasteiger partial charge in [0.1, 0.15) is 11.5 Å². The Labute approximate surface area is 114 Å². The van der Waals surface area contributed by atoms with Crippen LogP contribution < -0.4 is 4.74 Å². The first-order valence-corrected chi connectivity index (χ1v) is 6.80. The number of benzene rings is 1. The molecule has 0 spiro atoms. The first-order valence-electron chi connectivity index (χ1n) is 6.80. The van der Waals surface area contributed by atoms with Crippen LogP contribution in [0.1, 0.15) is 44.6 Å². The third-order valence-corrected chi connectivity index (χ3v) is 3.53. The molecule has 1 atom stereocenters. The van der Waals surface area contributed by atoms with Gasteiger partial charge in [0.2, 0.25) is 0 Å². The summed E-state index contributed by atoms with van der Waals surface area (Å²) in [7, 11) is 1.67. The van der Waals surface area contributed by atoms with E-state index >= 15 is 0 Å². The second-order valence-corrected chi connectivity index (χ2v) is 5.05. The molecule has 102 valence electrons. The van der Waals surface area contributed by atoms with Gasteiger partial charge in [0.05, 0.1) is 7.11 Å². The van der Waals surface area contributed by atoms with E-state index in [2.05, 4.69) is 11.9 Å². The molecule has 1 N–H and O–H groups in total. The van der Waals surface area contributed by atoms with Crippen molar-refractivity contribution < 1.29 is 9.53 Å². The quantitative estimate of drug-likeness (QED) is 0.850. The lowest BCUT2D eigenvalue weighted by atomic mass is 9.90. The molecule has 0 amide bonds. The van der Waals surface area contributed by atoms with Crippen molar-refractivity contribution in [2.45, 2.75) is 39.0 Å². The average Bonchev–Trinajstić information content (AvgIpc) is 2.80. The van der Waals surface area contributed by atoms with Crippen LogP contribution in [0.5, 0.6) is 5.75 Å². The number of aromatic amines is 1. The number of aromatic nitrogens is 1. The minimum atomic E-state index is 0.246. The molecule has 0 radical (unpaired) electrons. The van der Waals surface area contributed by atoms with Gasteiger partial charge in [-0.25, -0.2) is 0 Å². The summed E-state index contributed by atoms with van der Waals surface area (Å²) in [6, 6.07) is 6.01. The number of carbonyl (C=O) groups is 1. The Balaban J connectivity index is 2.43. The second kappa shape index (κ2) is 5.91. The third-order valence-electron chi connectivity index (χ3n) is 3.53. The Hall–Kier alpha value is -1.77. The molecule has 2 aromatic rings. The molecule has 0 aliphatic carbocycles. The monoisotopic (exact) mass is 259 g/mol. The number of hydrogen-bond acceptors (Lipinski definition) is 2. The highest BCUT2D eigenvalue weighted by atomic mass is 16.5. The minimum Gasteiger partial charge on any atom is -0.497 e. The number of methoxy groups -OCH3 is 1. The normalized spacial score (nSPS) is 12.6. The van der Waals surface area contributed by atoms with E-state index in [0.29, 0.717) is 12.3 Å². The van der Waals surface area contributed by atoms with Crippen molar-refractivity contribution in [3.63, 3.8) is 0 Å². The van der Waals surface area contributed by atoms with Crippen LogP contribution in [0.3, 0.4) is 0 Å². The van der Waals surface area contributed by atoms with Crippen LogP contribution in [-0.2, 0) is 4.79 Å². The lowest BCUT2D eigenvalue weighted by Gasteiger charge is -2.14.